The Kier molecular flexibility index (Phi) is 4.80. The molecule has 0 aliphatic rings. The number of nitriles is 1. The molecule has 90 valence electrons. The summed E-state index contributed by atoms with van der Waals surface area (Å²) in [6.45, 7) is 3.75. The molecule has 1 aromatic rings. The second kappa shape index (κ2) is 6.12. The van der Waals surface area contributed by atoms with Crippen molar-refractivity contribution in [2.45, 2.75) is 19.9 Å². The highest BCUT2D eigenvalue weighted by molar-refractivity contribution is 6.33. The van der Waals surface area contributed by atoms with E-state index in [1.54, 1.807) is 24.3 Å². The van der Waals surface area contributed by atoms with Gasteiger partial charge in [0.1, 0.15) is 6.54 Å². The number of hydrogen-bond acceptors (Lipinski definition) is 2. The number of amides is 2. The number of nitrogens with one attached hydrogen (secondary N) is 1. The fourth-order valence-corrected chi connectivity index (χ4v) is 1.50. The van der Waals surface area contributed by atoms with Crippen LogP contribution < -0.4 is 5.32 Å². The predicted molar refractivity (Wildman–Crippen MR) is 67.9 cm³/mol. The molecule has 5 heteroatoms. The van der Waals surface area contributed by atoms with Gasteiger partial charge in [0.25, 0.3) is 0 Å². The highest BCUT2D eigenvalue weighted by atomic mass is 35.5. The van der Waals surface area contributed by atoms with Crippen LogP contribution in [0.5, 0.6) is 0 Å². The van der Waals surface area contributed by atoms with Gasteiger partial charge in [0.15, 0.2) is 0 Å². The smallest absolute Gasteiger partial charge is 0.309 e. The molecule has 0 saturated heterocycles. The van der Waals surface area contributed by atoms with Crippen molar-refractivity contribution in [3.8, 4) is 6.07 Å². The molecule has 0 fully saturated rings. The van der Waals surface area contributed by atoms with Crippen LogP contribution in [0.25, 0.3) is 0 Å². The van der Waals surface area contributed by atoms with Gasteiger partial charge in [0, 0.05) is 6.04 Å². The predicted octanol–water partition coefficient (Wildman–Crippen LogP) is 3.11. The number of urea groups is 1. The summed E-state index contributed by atoms with van der Waals surface area (Å²) in [6.07, 6.45) is 0. The molecule has 0 unspecified atom stereocenters. The van der Waals surface area contributed by atoms with E-state index in [0.717, 1.165) is 0 Å². The van der Waals surface area contributed by atoms with Crippen molar-refractivity contribution in [3.63, 3.8) is 0 Å². The Bertz CT molecular complexity index is 440. The van der Waals surface area contributed by atoms with E-state index in [0.29, 0.717) is 10.7 Å². The zero-order valence-electron chi connectivity index (χ0n) is 9.77. The zero-order chi connectivity index (χ0) is 12.8. The number of carbonyl (C=O) groups excluding carboxylic acids is 1. The molecule has 0 saturated carbocycles. The maximum absolute atomic E-state index is 11.9. The van der Waals surface area contributed by atoms with Gasteiger partial charge in [0.2, 0.25) is 0 Å². The Labute approximate surface area is 106 Å². The summed E-state index contributed by atoms with van der Waals surface area (Å²) in [5.74, 6) is 0. The number of carbonyl (C=O) groups is 1. The van der Waals surface area contributed by atoms with E-state index in [2.05, 4.69) is 5.32 Å². The lowest BCUT2D eigenvalue weighted by molar-refractivity contribution is 0.205. The number of anilines is 1. The van der Waals surface area contributed by atoms with Crippen LogP contribution in [0.2, 0.25) is 5.02 Å². The first kappa shape index (κ1) is 13.3. The van der Waals surface area contributed by atoms with Crippen molar-refractivity contribution >= 4 is 23.3 Å². The van der Waals surface area contributed by atoms with E-state index in [1.165, 1.54) is 4.90 Å². The summed E-state index contributed by atoms with van der Waals surface area (Å²) < 4.78 is 0. The highest BCUT2D eigenvalue weighted by Gasteiger charge is 2.17. The van der Waals surface area contributed by atoms with E-state index < -0.39 is 0 Å². The van der Waals surface area contributed by atoms with Crippen molar-refractivity contribution in [3.05, 3.63) is 29.3 Å². The largest absolute Gasteiger partial charge is 0.322 e. The second-order valence-corrected chi connectivity index (χ2v) is 4.20. The van der Waals surface area contributed by atoms with Crippen molar-refractivity contribution in [2.75, 3.05) is 11.9 Å². The van der Waals surface area contributed by atoms with Crippen molar-refractivity contribution < 1.29 is 4.79 Å². The lowest BCUT2D eigenvalue weighted by Crippen LogP contribution is -2.40. The summed E-state index contributed by atoms with van der Waals surface area (Å²) in [6, 6.07) is 8.57. The molecule has 1 rings (SSSR count). The Morgan fingerprint density at radius 2 is 2.18 bits per heavy atom. The second-order valence-electron chi connectivity index (χ2n) is 3.79. The van der Waals surface area contributed by atoms with E-state index in [9.17, 15) is 4.79 Å². The van der Waals surface area contributed by atoms with Gasteiger partial charge in [-0.15, -0.1) is 0 Å². The van der Waals surface area contributed by atoms with Crippen LogP contribution in [0.3, 0.4) is 0 Å². The molecule has 0 heterocycles. The van der Waals surface area contributed by atoms with Crippen molar-refractivity contribution in [1.29, 1.82) is 5.26 Å². The average molecular weight is 252 g/mol. The molecule has 1 N–H and O–H groups in total. The van der Waals surface area contributed by atoms with Crippen LogP contribution in [0, 0.1) is 11.3 Å². The van der Waals surface area contributed by atoms with Gasteiger partial charge in [-0.3, -0.25) is 0 Å². The lowest BCUT2D eigenvalue weighted by Gasteiger charge is -2.24. The molecule has 4 nitrogen and oxygen atoms in total. The molecule has 2 amide bonds. The third-order valence-electron chi connectivity index (χ3n) is 2.24. The fourth-order valence-electron chi connectivity index (χ4n) is 1.31. The summed E-state index contributed by atoms with van der Waals surface area (Å²) in [7, 11) is 0. The first-order valence-corrected chi connectivity index (χ1v) is 5.63. The first-order chi connectivity index (χ1) is 8.06. The van der Waals surface area contributed by atoms with Crippen LogP contribution in [-0.4, -0.2) is 23.5 Å². The minimum Gasteiger partial charge on any atom is -0.309 e. The molecule has 0 spiro atoms. The summed E-state index contributed by atoms with van der Waals surface area (Å²) >= 11 is 5.93. The van der Waals surface area contributed by atoms with Crippen molar-refractivity contribution in [2.24, 2.45) is 0 Å². The number of halogens is 1. The molecule has 0 aromatic heterocycles. The van der Waals surface area contributed by atoms with Gasteiger partial charge in [0.05, 0.1) is 16.8 Å². The molecule has 0 bridgehead atoms. The number of para-hydroxylation sites is 1. The molecule has 0 atom stereocenters. The van der Waals surface area contributed by atoms with E-state index >= 15 is 0 Å². The SMILES string of the molecule is CC(C)N(CC#N)C(=O)Nc1ccccc1Cl. The molecular formula is C12H14ClN3O. The normalized spacial score (nSPS) is 9.82. The Balaban J connectivity index is 2.78. The quantitative estimate of drug-likeness (QED) is 0.840. The minimum absolute atomic E-state index is 0.0443. The number of benzene rings is 1. The van der Waals surface area contributed by atoms with E-state index in [4.69, 9.17) is 16.9 Å². The fraction of sp³-hybridized carbons (Fsp3) is 0.333. The van der Waals surface area contributed by atoms with E-state index in [-0.39, 0.29) is 18.6 Å². The molecule has 0 aliphatic heterocycles. The van der Waals surface area contributed by atoms with Crippen LogP contribution >= 0.6 is 11.6 Å². The maximum Gasteiger partial charge on any atom is 0.322 e. The average Bonchev–Trinajstić information content (AvgIpc) is 2.28. The number of rotatable bonds is 3. The topological polar surface area (TPSA) is 56.1 Å². The Morgan fingerprint density at radius 3 is 2.71 bits per heavy atom. The number of nitrogens with zero attached hydrogens (tertiary/aromatic N) is 2. The Morgan fingerprint density at radius 1 is 1.53 bits per heavy atom. The third kappa shape index (κ3) is 3.65. The standard InChI is InChI=1S/C12H14ClN3O/c1-9(2)16(8-7-14)12(17)15-11-6-4-3-5-10(11)13/h3-6,9H,8H2,1-2H3,(H,15,17). The van der Waals surface area contributed by atoms with Gasteiger partial charge in [-0.25, -0.2) is 4.79 Å². The highest BCUT2D eigenvalue weighted by Crippen LogP contribution is 2.20. The monoisotopic (exact) mass is 251 g/mol. The van der Waals surface area contributed by atoms with Gasteiger partial charge >= 0.3 is 6.03 Å². The molecule has 0 aliphatic carbocycles. The lowest BCUT2D eigenvalue weighted by atomic mass is 10.3. The van der Waals surface area contributed by atoms with E-state index in [1.807, 2.05) is 19.9 Å². The molecule has 17 heavy (non-hydrogen) atoms. The van der Waals surface area contributed by atoms with Gasteiger partial charge in [-0.1, -0.05) is 23.7 Å². The van der Waals surface area contributed by atoms with Crippen LogP contribution in [0.4, 0.5) is 10.5 Å². The van der Waals surface area contributed by atoms with Gasteiger partial charge in [-0.2, -0.15) is 5.26 Å². The summed E-state index contributed by atoms with van der Waals surface area (Å²) in [4.78, 5) is 13.3. The van der Waals surface area contributed by atoms with Crippen LogP contribution in [-0.2, 0) is 0 Å². The first-order valence-electron chi connectivity index (χ1n) is 5.25. The van der Waals surface area contributed by atoms with Crippen molar-refractivity contribution in [1.82, 2.24) is 4.90 Å². The summed E-state index contributed by atoms with van der Waals surface area (Å²) in [5, 5.41) is 11.8. The van der Waals surface area contributed by atoms with Gasteiger partial charge in [-0.05, 0) is 26.0 Å². The third-order valence-corrected chi connectivity index (χ3v) is 2.57. The Hall–Kier alpha value is -1.73. The number of hydrogen-bond donors (Lipinski definition) is 1. The molecule has 1 aromatic carbocycles. The van der Waals surface area contributed by atoms with Gasteiger partial charge < -0.3 is 10.2 Å². The summed E-state index contributed by atoms with van der Waals surface area (Å²) in [5.41, 5.74) is 0.544. The molecule has 0 radical (unpaired) electrons. The zero-order valence-corrected chi connectivity index (χ0v) is 10.5. The van der Waals surface area contributed by atoms with Crippen LogP contribution in [0.15, 0.2) is 24.3 Å². The minimum atomic E-state index is -0.324. The molecular weight excluding hydrogens is 238 g/mol. The van der Waals surface area contributed by atoms with Crippen LogP contribution in [0.1, 0.15) is 13.8 Å². The maximum atomic E-state index is 11.9.